The summed E-state index contributed by atoms with van der Waals surface area (Å²) < 4.78 is 5.57. The minimum atomic E-state index is 0.376. The molecule has 3 N–H and O–H groups in total. The lowest BCUT2D eigenvalue weighted by Gasteiger charge is -2.17. The first-order valence-electron chi connectivity index (χ1n) is 5.74. The van der Waals surface area contributed by atoms with Crippen molar-refractivity contribution in [3.05, 3.63) is 29.6 Å². The summed E-state index contributed by atoms with van der Waals surface area (Å²) in [6.45, 7) is 1.19. The molecule has 0 radical (unpaired) electrons. The Morgan fingerprint density at radius 3 is 3.18 bits per heavy atom. The highest BCUT2D eigenvalue weighted by molar-refractivity contribution is 5.58. The fraction of sp³-hybridized carbons (Fsp3) is 0.333. The zero-order valence-electron chi connectivity index (χ0n) is 9.44. The lowest BCUT2D eigenvalue weighted by atomic mass is 10.0. The van der Waals surface area contributed by atoms with Crippen molar-refractivity contribution in [2.45, 2.75) is 19.4 Å². The normalized spacial score (nSPS) is 14.2. The molecule has 0 spiro atoms. The summed E-state index contributed by atoms with van der Waals surface area (Å²) in [4.78, 5) is 4.32. The van der Waals surface area contributed by atoms with Gasteiger partial charge in [0, 0.05) is 5.56 Å². The van der Waals surface area contributed by atoms with Crippen LogP contribution in [0, 0.1) is 0 Å². The second kappa shape index (κ2) is 4.18. The number of H-pyrrole nitrogens is 1. The van der Waals surface area contributed by atoms with Crippen LogP contribution < -0.4 is 10.5 Å². The Kier molecular flexibility index (Phi) is 2.53. The fourth-order valence-electron chi connectivity index (χ4n) is 2.02. The first-order valence-corrected chi connectivity index (χ1v) is 5.74. The van der Waals surface area contributed by atoms with Gasteiger partial charge < -0.3 is 10.5 Å². The predicted octanol–water partition coefficient (Wildman–Crippen LogP) is 1.26. The third-order valence-electron chi connectivity index (χ3n) is 2.89. The molecular weight excluding hydrogens is 216 g/mol. The molecule has 1 aliphatic rings. The van der Waals surface area contributed by atoms with E-state index in [2.05, 4.69) is 21.2 Å². The van der Waals surface area contributed by atoms with Crippen molar-refractivity contribution in [1.29, 1.82) is 0 Å². The van der Waals surface area contributed by atoms with Crippen LogP contribution in [0.5, 0.6) is 5.75 Å². The number of aromatic amines is 1. The van der Waals surface area contributed by atoms with Crippen LogP contribution in [0.2, 0.25) is 0 Å². The van der Waals surface area contributed by atoms with Crippen LogP contribution in [0.15, 0.2) is 18.2 Å². The molecule has 0 atom stereocenters. The molecule has 0 amide bonds. The summed E-state index contributed by atoms with van der Waals surface area (Å²) in [5.41, 5.74) is 7.73. The van der Waals surface area contributed by atoms with E-state index in [4.69, 9.17) is 10.5 Å². The van der Waals surface area contributed by atoms with Crippen molar-refractivity contribution >= 4 is 0 Å². The monoisotopic (exact) mass is 230 g/mol. The molecule has 5 nitrogen and oxygen atoms in total. The standard InChI is InChI=1S/C12H14N4O/c13-7-11-14-12(16-15-11)9-3-4-10-8(6-9)2-1-5-17-10/h3-4,6H,1-2,5,7,13H2,(H,14,15,16). The van der Waals surface area contributed by atoms with Gasteiger partial charge in [0.2, 0.25) is 0 Å². The van der Waals surface area contributed by atoms with E-state index in [-0.39, 0.29) is 0 Å². The number of nitrogens with one attached hydrogen (secondary N) is 1. The molecule has 17 heavy (non-hydrogen) atoms. The van der Waals surface area contributed by atoms with Gasteiger partial charge in [-0.3, -0.25) is 5.10 Å². The van der Waals surface area contributed by atoms with Crippen LogP contribution in [-0.2, 0) is 13.0 Å². The number of hydrogen-bond acceptors (Lipinski definition) is 4. The van der Waals surface area contributed by atoms with E-state index >= 15 is 0 Å². The maximum atomic E-state index is 5.57. The van der Waals surface area contributed by atoms with Gasteiger partial charge in [0.15, 0.2) is 5.82 Å². The van der Waals surface area contributed by atoms with E-state index in [1.54, 1.807) is 0 Å². The van der Waals surface area contributed by atoms with E-state index in [1.807, 2.05) is 12.1 Å². The Morgan fingerprint density at radius 2 is 2.35 bits per heavy atom. The molecule has 88 valence electrons. The molecule has 3 rings (SSSR count). The quantitative estimate of drug-likeness (QED) is 0.814. The van der Waals surface area contributed by atoms with Crippen molar-refractivity contribution in [1.82, 2.24) is 15.2 Å². The molecule has 0 bridgehead atoms. The number of benzene rings is 1. The summed E-state index contributed by atoms with van der Waals surface area (Å²) in [5, 5.41) is 6.97. The van der Waals surface area contributed by atoms with Gasteiger partial charge in [-0.25, -0.2) is 4.98 Å². The van der Waals surface area contributed by atoms with E-state index in [0.29, 0.717) is 18.2 Å². The van der Waals surface area contributed by atoms with Crippen LogP contribution in [-0.4, -0.2) is 21.8 Å². The molecule has 1 aromatic carbocycles. The van der Waals surface area contributed by atoms with Gasteiger partial charge >= 0.3 is 0 Å². The number of fused-ring (bicyclic) bond motifs is 1. The van der Waals surface area contributed by atoms with Crippen molar-refractivity contribution in [2.24, 2.45) is 5.73 Å². The largest absolute Gasteiger partial charge is 0.493 e. The van der Waals surface area contributed by atoms with Crippen molar-refractivity contribution in [3.63, 3.8) is 0 Å². The number of nitrogens with two attached hydrogens (primary N) is 1. The third-order valence-corrected chi connectivity index (χ3v) is 2.89. The highest BCUT2D eigenvalue weighted by Gasteiger charge is 2.13. The van der Waals surface area contributed by atoms with Crippen molar-refractivity contribution in [3.8, 4) is 17.1 Å². The van der Waals surface area contributed by atoms with Gasteiger partial charge in [-0.2, -0.15) is 5.10 Å². The molecule has 0 saturated carbocycles. The molecule has 2 aromatic rings. The van der Waals surface area contributed by atoms with Gasteiger partial charge in [0.25, 0.3) is 0 Å². The van der Waals surface area contributed by atoms with Crippen molar-refractivity contribution < 1.29 is 4.74 Å². The highest BCUT2D eigenvalue weighted by Crippen LogP contribution is 2.28. The SMILES string of the molecule is NCc1nc(-c2ccc3c(c2)CCCO3)n[nH]1. The molecular formula is C12H14N4O. The van der Waals surface area contributed by atoms with Crippen LogP contribution in [0.3, 0.4) is 0 Å². The maximum Gasteiger partial charge on any atom is 0.181 e. The lowest BCUT2D eigenvalue weighted by molar-refractivity contribution is 0.288. The Morgan fingerprint density at radius 1 is 1.41 bits per heavy atom. The van der Waals surface area contributed by atoms with E-state index in [0.717, 1.165) is 30.8 Å². The Balaban J connectivity index is 1.97. The number of aromatic nitrogens is 3. The number of ether oxygens (including phenoxy) is 1. The third kappa shape index (κ3) is 1.89. The Hall–Kier alpha value is -1.88. The van der Waals surface area contributed by atoms with Crippen LogP contribution >= 0.6 is 0 Å². The van der Waals surface area contributed by atoms with Gasteiger partial charge in [-0.15, -0.1) is 0 Å². The van der Waals surface area contributed by atoms with E-state index in [1.165, 1.54) is 5.56 Å². The van der Waals surface area contributed by atoms with E-state index in [9.17, 15) is 0 Å². The van der Waals surface area contributed by atoms with Crippen LogP contribution in [0.25, 0.3) is 11.4 Å². The second-order valence-electron chi connectivity index (χ2n) is 4.08. The smallest absolute Gasteiger partial charge is 0.181 e. The molecule has 5 heteroatoms. The summed E-state index contributed by atoms with van der Waals surface area (Å²) in [5.74, 6) is 2.38. The topological polar surface area (TPSA) is 76.8 Å². The summed E-state index contributed by atoms with van der Waals surface area (Å²) in [7, 11) is 0. The molecule has 2 heterocycles. The molecule has 1 aliphatic heterocycles. The average Bonchev–Trinajstić information content (AvgIpc) is 2.87. The first kappa shape index (κ1) is 10.3. The lowest BCUT2D eigenvalue weighted by Crippen LogP contribution is -2.08. The number of aryl methyl sites for hydroxylation is 1. The van der Waals surface area contributed by atoms with Gasteiger partial charge in [0.05, 0.1) is 13.2 Å². The van der Waals surface area contributed by atoms with E-state index < -0.39 is 0 Å². The molecule has 0 fully saturated rings. The summed E-state index contributed by atoms with van der Waals surface area (Å²) >= 11 is 0. The highest BCUT2D eigenvalue weighted by atomic mass is 16.5. The predicted molar refractivity (Wildman–Crippen MR) is 63.5 cm³/mol. The molecule has 0 saturated heterocycles. The molecule has 1 aromatic heterocycles. The van der Waals surface area contributed by atoms with Crippen LogP contribution in [0.1, 0.15) is 17.8 Å². The Labute approximate surface area is 99.0 Å². The Bertz CT molecular complexity index is 535. The van der Waals surface area contributed by atoms with Gasteiger partial charge in [-0.1, -0.05) is 0 Å². The van der Waals surface area contributed by atoms with Gasteiger partial charge in [0.1, 0.15) is 11.6 Å². The van der Waals surface area contributed by atoms with Crippen LogP contribution in [0.4, 0.5) is 0 Å². The summed E-state index contributed by atoms with van der Waals surface area (Å²) in [6, 6.07) is 6.06. The molecule has 0 unspecified atom stereocenters. The first-order chi connectivity index (χ1) is 8.36. The maximum absolute atomic E-state index is 5.57. The van der Waals surface area contributed by atoms with Gasteiger partial charge in [-0.05, 0) is 36.6 Å². The second-order valence-corrected chi connectivity index (χ2v) is 4.08. The average molecular weight is 230 g/mol. The number of hydrogen-bond donors (Lipinski definition) is 2. The minimum Gasteiger partial charge on any atom is -0.493 e. The summed E-state index contributed by atoms with van der Waals surface area (Å²) in [6.07, 6.45) is 2.12. The fourth-order valence-corrected chi connectivity index (χ4v) is 2.02. The number of nitrogens with zero attached hydrogens (tertiary/aromatic N) is 2. The number of rotatable bonds is 2. The zero-order valence-corrected chi connectivity index (χ0v) is 9.44. The zero-order chi connectivity index (χ0) is 11.7. The minimum absolute atomic E-state index is 0.376. The van der Waals surface area contributed by atoms with Crippen molar-refractivity contribution in [2.75, 3.05) is 6.61 Å². The molecule has 0 aliphatic carbocycles.